The predicted molar refractivity (Wildman–Crippen MR) is 326 cm³/mol. The molecule has 0 fully saturated rings. The van der Waals surface area contributed by atoms with E-state index in [4.69, 9.17) is 53.2 Å². The molecule has 0 atom stereocenters. The van der Waals surface area contributed by atoms with Crippen molar-refractivity contribution in [2.75, 3.05) is 21.3 Å². The quantitative estimate of drug-likeness (QED) is 0.101. The van der Waals surface area contributed by atoms with Gasteiger partial charge in [-0.05, 0) is 131 Å². The summed E-state index contributed by atoms with van der Waals surface area (Å²) < 4.78 is 88.7. The summed E-state index contributed by atoms with van der Waals surface area (Å²) in [5.74, 6) is 2.80. The maximum absolute atomic E-state index is 13.1. The van der Waals surface area contributed by atoms with E-state index in [-0.39, 0.29) is 84.8 Å². The molecule has 0 radical (unpaired) electrons. The van der Waals surface area contributed by atoms with Crippen molar-refractivity contribution >= 4 is 87.8 Å². The number of benzene rings is 3. The van der Waals surface area contributed by atoms with E-state index in [1.807, 2.05) is 20.8 Å². The van der Waals surface area contributed by atoms with Crippen molar-refractivity contribution in [2.45, 2.75) is 152 Å². The molecular weight excluding hydrogens is 1180 g/mol. The molecule has 0 amide bonds. The molecule has 0 aliphatic carbocycles. The molecule has 8 rings (SSSR count). The third-order valence-electron chi connectivity index (χ3n) is 11.8. The number of aromatic nitrogens is 6. The number of aryl methyl sites for hydroxylation is 3. The fourth-order valence-electron chi connectivity index (χ4n) is 7.87. The molecule has 3 aromatic heterocycles. The minimum absolute atomic E-state index is 0. The minimum Gasteiger partial charge on any atom is -0.496 e. The molecule has 3 N–H and O–H groups in total. The highest BCUT2D eigenvalue weighted by Gasteiger charge is 2.35. The van der Waals surface area contributed by atoms with Crippen molar-refractivity contribution in [3.63, 3.8) is 0 Å². The van der Waals surface area contributed by atoms with E-state index < -0.39 is 29.1 Å². The van der Waals surface area contributed by atoms with Crippen LogP contribution in [-0.4, -0.2) is 80.8 Å². The molecule has 0 spiro atoms. The third kappa shape index (κ3) is 20.2. The van der Waals surface area contributed by atoms with Gasteiger partial charge in [-0.3, -0.25) is 29.9 Å². The van der Waals surface area contributed by atoms with Gasteiger partial charge in [0.15, 0.2) is 0 Å². The van der Waals surface area contributed by atoms with E-state index in [9.17, 15) is 25.3 Å². The Labute approximate surface area is 498 Å². The van der Waals surface area contributed by atoms with Gasteiger partial charge in [0.05, 0.1) is 95.0 Å². The normalized spacial score (nSPS) is 11.7. The summed E-state index contributed by atoms with van der Waals surface area (Å²) in [7, 11) is -0.919. The van der Waals surface area contributed by atoms with Crippen LogP contribution >= 0.6 is 58.7 Å². The summed E-state index contributed by atoms with van der Waals surface area (Å²) in [4.78, 5) is 25.4. The molecule has 0 saturated heterocycles. The van der Waals surface area contributed by atoms with Crippen molar-refractivity contribution in [3.8, 4) is 17.2 Å². The Bertz CT molecular complexity index is 3110. The molecule has 0 unspecified atom stereocenters. The molecule has 26 heteroatoms. The lowest BCUT2D eigenvalue weighted by Gasteiger charge is -2.21. The van der Waals surface area contributed by atoms with Crippen LogP contribution in [0.25, 0.3) is 0 Å². The fourth-order valence-corrected chi connectivity index (χ4v) is 12.9. The number of sulfonamides is 2. The third-order valence-corrected chi connectivity index (χ3v) is 17.2. The van der Waals surface area contributed by atoms with Gasteiger partial charge in [-0.1, -0.05) is 37.1 Å². The second-order valence-corrected chi connectivity index (χ2v) is 22.8. The Balaban J connectivity index is -0.000000451. The molecule has 3 aromatic carbocycles. The van der Waals surface area contributed by atoms with Crippen LogP contribution in [0.2, 0.25) is 0 Å². The van der Waals surface area contributed by atoms with Crippen LogP contribution in [0.15, 0.2) is 70.1 Å². The van der Waals surface area contributed by atoms with Crippen LogP contribution in [0, 0.1) is 62.3 Å². The minimum atomic E-state index is -3.69. The SMILES string of the molecule is C.C.C.C.C.COc1cc(C)c(S(=O)(=O)Cl)c(C)c1C.COc1cc(C)c(S(=O)(=O)N2Cc3nccnc3C2)c(C)c1C.COc1cc(C)c(S(N)(=O)=O)c(C)c1C.Cl.Cl.ClCc1nccnc1CCl.c1cnc2c(n1)CNC2. The Kier molecular flexibility index (Phi) is 36.2. The summed E-state index contributed by atoms with van der Waals surface area (Å²) in [6.45, 7) is 18.2. The zero-order valence-electron chi connectivity index (χ0n) is 43.0. The van der Waals surface area contributed by atoms with Crippen molar-refractivity contribution in [3.05, 3.63) is 140 Å². The van der Waals surface area contributed by atoms with Gasteiger partial charge in [0.25, 0.3) is 9.05 Å². The summed E-state index contributed by atoms with van der Waals surface area (Å²) in [5.41, 5.74) is 11.5. The van der Waals surface area contributed by atoms with Crippen LogP contribution in [0.3, 0.4) is 0 Å². The van der Waals surface area contributed by atoms with Crippen LogP contribution in [0.5, 0.6) is 17.2 Å². The number of rotatable bonds is 9. The van der Waals surface area contributed by atoms with E-state index >= 15 is 0 Å². The summed E-state index contributed by atoms with van der Waals surface area (Å²) in [6.07, 6.45) is 9.84. The Morgan fingerprint density at radius 3 is 1.10 bits per heavy atom. The second-order valence-electron chi connectivity index (χ2n) is 16.4. The maximum Gasteiger partial charge on any atom is 0.261 e. The molecule has 2 aliphatic heterocycles. The lowest BCUT2D eigenvalue weighted by molar-refractivity contribution is 0.409. The number of methoxy groups -OCH3 is 3. The molecule has 18 nitrogen and oxygen atoms in total. The molecule has 79 heavy (non-hydrogen) atoms. The number of hydrogen-bond donors (Lipinski definition) is 2. The highest BCUT2D eigenvalue weighted by Crippen LogP contribution is 2.36. The second kappa shape index (κ2) is 35.4. The molecule has 0 bridgehead atoms. The number of alkyl halides is 2. The van der Waals surface area contributed by atoms with Crippen LogP contribution in [0.4, 0.5) is 0 Å². The van der Waals surface area contributed by atoms with Crippen LogP contribution in [-0.2, 0) is 67.0 Å². The predicted octanol–water partition coefficient (Wildman–Crippen LogP) is 12.0. The maximum atomic E-state index is 13.1. The van der Waals surface area contributed by atoms with Crippen molar-refractivity contribution < 1.29 is 39.5 Å². The average molecular weight is 1260 g/mol. The number of hydrogen-bond acceptors (Lipinski definition) is 16. The van der Waals surface area contributed by atoms with Crippen molar-refractivity contribution in [1.82, 2.24) is 39.5 Å². The van der Waals surface area contributed by atoms with E-state index in [1.54, 1.807) is 118 Å². The number of nitrogens with zero attached hydrogens (tertiary/aromatic N) is 7. The topological polar surface area (TPSA) is 249 Å². The molecule has 0 saturated carbocycles. The Morgan fingerprint density at radius 2 is 0.785 bits per heavy atom. The number of fused-ring (bicyclic) bond motifs is 2. The van der Waals surface area contributed by atoms with Crippen LogP contribution < -0.4 is 24.7 Å². The fraction of sp³-hybridized carbons (Fsp3) is 0.434. The summed E-state index contributed by atoms with van der Waals surface area (Å²) in [5, 5.41) is 8.31. The molecule has 446 valence electrons. The zero-order valence-corrected chi connectivity index (χ0v) is 49.3. The molecule has 6 aromatic rings. The first-order valence-corrected chi connectivity index (χ1v) is 28.3. The number of nitrogens with two attached hydrogens (primary N) is 1. The first-order chi connectivity index (χ1) is 33.8. The van der Waals surface area contributed by atoms with Crippen molar-refractivity contribution in [2.24, 2.45) is 5.14 Å². The average Bonchev–Trinajstić information content (AvgIpc) is 4.01. The smallest absolute Gasteiger partial charge is 0.261 e. The highest BCUT2D eigenvalue weighted by molar-refractivity contribution is 8.13. The van der Waals surface area contributed by atoms with Gasteiger partial charge < -0.3 is 19.5 Å². The number of halogens is 5. The summed E-state index contributed by atoms with van der Waals surface area (Å²) in [6, 6.07) is 5.13. The van der Waals surface area contributed by atoms with Gasteiger partial charge in [0.2, 0.25) is 20.0 Å². The first-order valence-electron chi connectivity index (χ1n) is 21.9. The molecule has 5 heterocycles. The van der Waals surface area contributed by atoms with E-state index in [2.05, 4.69) is 35.2 Å². The van der Waals surface area contributed by atoms with Gasteiger partial charge in [0.1, 0.15) is 17.2 Å². The standard InChI is InChI=1S/C16H19N3O3S.C10H13ClO3S.C10H15NO3S.C6H6Cl2N2.C6H7N3.5CH4.2ClH/c1-10-7-15(22-4)11(2)12(3)16(10)23(20,21)19-8-13-14(9-19)18-6-5-17-13;2*1-6-5-9(14-4)7(2)8(3)10(6)15(11,12)13;7-3-5-6(4-8)10-2-1-9-5;1-2-9-6-4-7-3-5(6)8-1;;;;;;;/h5-7H,8-9H2,1-4H3;5H,1-4H3;5H,1-4H3,(H2,11,12,13);1-2H,3-4H2;1-2,7H,3-4H2;5*1H4;2*1H. The van der Waals surface area contributed by atoms with E-state index in [0.29, 0.717) is 61.7 Å². The lowest BCUT2D eigenvalue weighted by atomic mass is 10.1. The number of ether oxygens (including phenoxy) is 3. The largest absolute Gasteiger partial charge is 0.496 e. The van der Waals surface area contributed by atoms with Gasteiger partial charge in [-0.15, -0.1) is 48.0 Å². The van der Waals surface area contributed by atoms with E-state index in [0.717, 1.165) is 69.5 Å². The van der Waals surface area contributed by atoms with Gasteiger partial charge >= 0.3 is 0 Å². The first kappa shape index (κ1) is 81.0. The summed E-state index contributed by atoms with van der Waals surface area (Å²) >= 11 is 11.1. The lowest BCUT2D eigenvalue weighted by Crippen LogP contribution is -2.27. The van der Waals surface area contributed by atoms with Gasteiger partial charge in [-0.25, -0.2) is 30.4 Å². The number of nitrogens with one attached hydrogen (secondary N) is 1. The zero-order chi connectivity index (χ0) is 53.9. The van der Waals surface area contributed by atoms with E-state index in [1.165, 1.54) is 4.31 Å². The Hall–Kier alpha value is -4.52. The van der Waals surface area contributed by atoms with Gasteiger partial charge in [0, 0.05) is 61.0 Å². The highest BCUT2D eigenvalue weighted by atomic mass is 35.7. The number of primary sulfonamides is 1. The van der Waals surface area contributed by atoms with Crippen LogP contribution in [0.1, 0.15) is 121 Å². The van der Waals surface area contributed by atoms with Crippen molar-refractivity contribution in [1.29, 1.82) is 0 Å². The molecule has 2 aliphatic rings. The van der Waals surface area contributed by atoms with Gasteiger partial charge in [-0.2, -0.15) is 4.31 Å². The monoisotopic (exact) mass is 1260 g/mol. The molecular formula is C53H82Cl5N9O9S3. The Morgan fingerprint density at radius 1 is 0.494 bits per heavy atom.